The summed E-state index contributed by atoms with van der Waals surface area (Å²) in [5, 5.41) is 6.30. The Labute approximate surface area is 200 Å². The number of carbonyl (C=O) groups is 2. The van der Waals surface area contributed by atoms with Gasteiger partial charge in [0, 0.05) is 17.4 Å². The summed E-state index contributed by atoms with van der Waals surface area (Å²) in [6.07, 6.45) is -5.39. The molecule has 14 heteroatoms. The van der Waals surface area contributed by atoms with E-state index in [1.54, 1.807) is 0 Å². The number of rotatable bonds is 5. The van der Waals surface area contributed by atoms with Crippen LogP contribution in [0, 0.1) is 17.6 Å². The number of carbonyl (C=O) groups excluding carboxylic acids is 2. The number of nitrogens with zero attached hydrogens (tertiary/aromatic N) is 3. The number of benzene rings is 1. The lowest BCUT2D eigenvalue weighted by Gasteiger charge is -2.32. The number of aromatic nitrogens is 3. The van der Waals surface area contributed by atoms with E-state index in [4.69, 9.17) is 15.2 Å². The van der Waals surface area contributed by atoms with Crippen LogP contribution in [0.25, 0.3) is 5.65 Å². The van der Waals surface area contributed by atoms with E-state index in [-0.39, 0.29) is 22.7 Å². The number of anilines is 1. The minimum atomic E-state index is -4.89. The van der Waals surface area contributed by atoms with Crippen LogP contribution in [-0.4, -0.2) is 51.4 Å². The van der Waals surface area contributed by atoms with E-state index in [9.17, 15) is 31.5 Å². The Kier molecular flexibility index (Phi) is 6.11. The quantitative estimate of drug-likeness (QED) is 0.506. The van der Waals surface area contributed by atoms with Crippen LogP contribution in [0.3, 0.4) is 0 Å². The maximum atomic E-state index is 14.4. The summed E-state index contributed by atoms with van der Waals surface area (Å²) in [6, 6.07) is 4.58. The molecule has 192 valence electrons. The molecule has 0 spiro atoms. The first-order valence-electron chi connectivity index (χ1n) is 10.5. The van der Waals surface area contributed by atoms with Crippen LogP contribution in [0.15, 0.2) is 30.5 Å². The van der Waals surface area contributed by atoms with Gasteiger partial charge in [0.1, 0.15) is 6.10 Å². The largest absolute Gasteiger partial charge is 0.493 e. The van der Waals surface area contributed by atoms with Gasteiger partial charge >= 0.3 is 6.18 Å². The highest BCUT2D eigenvalue weighted by atomic mass is 19.4. The van der Waals surface area contributed by atoms with Gasteiger partial charge in [-0.25, -0.2) is 13.9 Å². The van der Waals surface area contributed by atoms with Gasteiger partial charge in [0.05, 0.1) is 19.0 Å². The average molecular weight is 513 g/mol. The fourth-order valence-corrected chi connectivity index (χ4v) is 4.31. The first-order chi connectivity index (χ1) is 16.8. The second kappa shape index (κ2) is 8.69. The highest BCUT2D eigenvalue weighted by Gasteiger charge is 2.65. The second-order valence-electron chi connectivity index (χ2n) is 8.45. The average Bonchev–Trinajstić information content (AvgIpc) is 3.35. The molecule has 1 aliphatic heterocycles. The third-order valence-electron chi connectivity index (χ3n) is 6.39. The van der Waals surface area contributed by atoms with Crippen molar-refractivity contribution in [3.05, 3.63) is 53.5 Å². The molecule has 1 fully saturated rings. The molecule has 1 saturated heterocycles. The fraction of sp³-hybridized carbons (Fsp3) is 0.364. The highest BCUT2D eigenvalue weighted by molar-refractivity contribution is 5.95. The van der Waals surface area contributed by atoms with Crippen molar-refractivity contribution in [3.63, 3.8) is 0 Å². The van der Waals surface area contributed by atoms with E-state index >= 15 is 0 Å². The van der Waals surface area contributed by atoms with E-state index in [0.717, 1.165) is 30.7 Å². The first kappa shape index (κ1) is 25.3. The predicted molar refractivity (Wildman–Crippen MR) is 114 cm³/mol. The molecular formula is C22H20F5N5O4. The second-order valence-corrected chi connectivity index (χ2v) is 8.45. The van der Waals surface area contributed by atoms with Crippen molar-refractivity contribution in [1.82, 2.24) is 14.6 Å². The van der Waals surface area contributed by atoms with Gasteiger partial charge in [0.15, 0.2) is 22.8 Å². The summed E-state index contributed by atoms with van der Waals surface area (Å²) >= 11 is 0. The van der Waals surface area contributed by atoms with E-state index in [1.807, 2.05) is 0 Å². The zero-order valence-corrected chi connectivity index (χ0v) is 19.1. The van der Waals surface area contributed by atoms with Crippen molar-refractivity contribution in [2.45, 2.75) is 37.6 Å². The number of nitrogens with one attached hydrogen (secondary N) is 1. The molecule has 2 aromatic heterocycles. The molecule has 0 aliphatic carbocycles. The molecule has 3 aromatic rings. The molecule has 2 amide bonds. The lowest BCUT2D eigenvalue weighted by atomic mass is 9.77. The molecule has 3 N–H and O–H groups in total. The van der Waals surface area contributed by atoms with Crippen LogP contribution in [0.2, 0.25) is 0 Å². The molecule has 4 atom stereocenters. The lowest BCUT2D eigenvalue weighted by Crippen LogP contribution is -2.47. The summed E-state index contributed by atoms with van der Waals surface area (Å²) in [4.78, 5) is 28.4. The molecule has 1 aromatic carbocycles. The van der Waals surface area contributed by atoms with Gasteiger partial charge in [0.2, 0.25) is 11.6 Å². The highest BCUT2D eigenvalue weighted by Crippen LogP contribution is 2.55. The zero-order valence-electron chi connectivity index (χ0n) is 19.1. The molecule has 36 heavy (non-hydrogen) atoms. The predicted octanol–water partition coefficient (Wildman–Crippen LogP) is 3.19. The molecule has 0 radical (unpaired) electrons. The smallest absolute Gasteiger partial charge is 0.417 e. The van der Waals surface area contributed by atoms with E-state index < -0.39 is 58.9 Å². The number of nitrogens with two attached hydrogens (primary N) is 1. The van der Waals surface area contributed by atoms with E-state index in [1.165, 1.54) is 25.3 Å². The maximum Gasteiger partial charge on any atom is 0.417 e. The molecule has 1 aliphatic rings. The SMILES string of the molecule is COc1c([C@H]2[C@H](C(=O)Nc3ccc4nc(C(N)=O)nn4c3)O[C@@](C)(C(F)(F)F)[C@H]2C)ccc(F)c1F. The van der Waals surface area contributed by atoms with Crippen molar-refractivity contribution in [1.29, 1.82) is 0 Å². The Morgan fingerprint density at radius 1 is 1.22 bits per heavy atom. The normalized spacial score (nSPS) is 24.2. The number of fused-ring (bicyclic) bond motifs is 1. The fourth-order valence-electron chi connectivity index (χ4n) is 4.31. The van der Waals surface area contributed by atoms with E-state index in [2.05, 4.69) is 15.4 Å². The Bertz CT molecular complexity index is 1360. The van der Waals surface area contributed by atoms with Crippen molar-refractivity contribution in [2.24, 2.45) is 11.7 Å². The number of halogens is 5. The molecule has 3 heterocycles. The van der Waals surface area contributed by atoms with Gasteiger partial charge in [-0.3, -0.25) is 9.59 Å². The summed E-state index contributed by atoms with van der Waals surface area (Å²) in [7, 11) is 1.04. The lowest BCUT2D eigenvalue weighted by molar-refractivity contribution is -0.272. The van der Waals surface area contributed by atoms with Crippen LogP contribution in [-0.2, 0) is 9.53 Å². The molecule has 0 bridgehead atoms. The standard InChI is InChI=1S/C22H20F5N5O4/c1-9-14(11-5-6-12(23)15(24)16(11)35-3)17(36-21(9,2)22(25,26)27)20(34)29-10-4-7-13-30-19(18(28)33)31-32(13)8-10/h4-9,14,17H,1-3H3,(H2,28,33)(H,29,34)/t9-,14-,17+,21+/m0/s1. The molecule has 0 saturated carbocycles. The number of ether oxygens (including phenoxy) is 2. The Morgan fingerprint density at radius 3 is 2.53 bits per heavy atom. The Hall–Kier alpha value is -3.81. The van der Waals surface area contributed by atoms with Crippen molar-refractivity contribution < 1.29 is 41.0 Å². The van der Waals surface area contributed by atoms with Gasteiger partial charge in [-0.05, 0) is 25.1 Å². The Balaban J connectivity index is 1.74. The van der Waals surface area contributed by atoms with Crippen LogP contribution in [0.4, 0.5) is 27.6 Å². The minimum Gasteiger partial charge on any atom is -0.493 e. The molecular weight excluding hydrogens is 493 g/mol. The van der Waals surface area contributed by atoms with Crippen LogP contribution in [0.5, 0.6) is 5.75 Å². The van der Waals surface area contributed by atoms with Crippen LogP contribution < -0.4 is 15.8 Å². The van der Waals surface area contributed by atoms with Gasteiger partial charge in [-0.15, -0.1) is 5.10 Å². The minimum absolute atomic E-state index is 0.0845. The van der Waals surface area contributed by atoms with Crippen molar-refractivity contribution in [3.8, 4) is 5.75 Å². The van der Waals surface area contributed by atoms with Gasteiger partial charge in [0.25, 0.3) is 11.8 Å². The number of hydrogen-bond acceptors (Lipinski definition) is 6. The summed E-state index contributed by atoms with van der Waals surface area (Å²) in [5.74, 6) is -8.20. The maximum absolute atomic E-state index is 14.4. The third kappa shape index (κ3) is 4.00. The summed E-state index contributed by atoms with van der Waals surface area (Å²) < 4.78 is 81.8. The van der Waals surface area contributed by atoms with Crippen LogP contribution >= 0.6 is 0 Å². The third-order valence-corrected chi connectivity index (χ3v) is 6.39. The monoisotopic (exact) mass is 513 g/mol. The molecule has 9 nitrogen and oxygen atoms in total. The van der Waals surface area contributed by atoms with Gasteiger partial charge < -0.3 is 20.5 Å². The number of amides is 2. The number of alkyl halides is 3. The van der Waals surface area contributed by atoms with Crippen LogP contribution in [0.1, 0.15) is 35.9 Å². The summed E-state index contributed by atoms with van der Waals surface area (Å²) in [5.41, 5.74) is 2.51. The van der Waals surface area contributed by atoms with Crippen molar-refractivity contribution >= 4 is 23.1 Å². The Morgan fingerprint density at radius 2 is 1.92 bits per heavy atom. The zero-order chi connectivity index (χ0) is 26.6. The first-order valence-corrected chi connectivity index (χ1v) is 10.5. The molecule has 4 rings (SSSR count). The van der Waals surface area contributed by atoms with Crippen molar-refractivity contribution in [2.75, 3.05) is 12.4 Å². The number of methoxy groups -OCH3 is 1. The molecule has 0 unspecified atom stereocenters. The number of primary amides is 1. The van der Waals surface area contributed by atoms with Gasteiger partial charge in [-0.1, -0.05) is 13.0 Å². The topological polar surface area (TPSA) is 121 Å². The number of pyridine rings is 1. The summed E-state index contributed by atoms with van der Waals surface area (Å²) in [6.45, 7) is 2.00. The number of hydrogen-bond donors (Lipinski definition) is 2. The van der Waals surface area contributed by atoms with Gasteiger partial charge in [-0.2, -0.15) is 17.6 Å². The van der Waals surface area contributed by atoms with E-state index in [0.29, 0.717) is 0 Å².